The molecule has 1 amide bonds. The zero-order valence-electron chi connectivity index (χ0n) is 11.5. The van der Waals surface area contributed by atoms with Gasteiger partial charge in [0.2, 0.25) is 5.91 Å². The van der Waals surface area contributed by atoms with Crippen LogP contribution in [0.2, 0.25) is 0 Å². The van der Waals surface area contributed by atoms with Gasteiger partial charge >= 0.3 is 5.97 Å². The number of hydrogen-bond donors (Lipinski definition) is 2. The largest absolute Gasteiger partial charge is 0.481 e. The Bertz CT molecular complexity index is 500. The molecule has 2 N–H and O–H groups in total. The highest BCUT2D eigenvalue weighted by molar-refractivity contribution is 5.86. The topological polar surface area (TPSA) is 75.6 Å². The van der Waals surface area contributed by atoms with Crippen molar-refractivity contribution in [1.29, 1.82) is 0 Å². The fourth-order valence-corrected chi connectivity index (χ4v) is 2.45. The number of methoxy groups -OCH3 is 1. The molecule has 2 rings (SSSR count). The Morgan fingerprint density at radius 3 is 2.45 bits per heavy atom. The van der Waals surface area contributed by atoms with Crippen molar-refractivity contribution in [2.75, 3.05) is 7.11 Å². The summed E-state index contributed by atoms with van der Waals surface area (Å²) in [7, 11) is 1.63. The third kappa shape index (κ3) is 3.17. The molecule has 5 heteroatoms. The Morgan fingerprint density at radius 1 is 1.25 bits per heavy atom. The van der Waals surface area contributed by atoms with Crippen LogP contribution < -0.4 is 5.32 Å². The van der Waals surface area contributed by atoms with E-state index in [1.54, 1.807) is 7.11 Å². The van der Waals surface area contributed by atoms with Gasteiger partial charge in [-0.05, 0) is 24.0 Å². The second-order valence-corrected chi connectivity index (χ2v) is 5.05. The first-order valence-electron chi connectivity index (χ1n) is 6.69. The minimum absolute atomic E-state index is 0.170. The second kappa shape index (κ2) is 6.52. The van der Waals surface area contributed by atoms with Crippen LogP contribution in [-0.2, 0) is 27.5 Å². The van der Waals surface area contributed by atoms with Crippen molar-refractivity contribution in [2.45, 2.75) is 26.0 Å². The smallest absolute Gasteiger partial charge is 0.307 e. The third-order valence-corrected chi connectivity index (χ3v) is 3.80. The first-order chi connectivity index (χ1) is 9.63. The van der Waals surface area contributed by atoms with Gasteiger partial charge in [0.05, 0.1) is 18.4 Å². The Kier molecular flexibility index (Phi) is 4.74. The molecule has 2 unspecified atom stereocenters. The summed E-state index contributed by atoms with van der Waals surface area (Å²) in [5.74, 6) is -1.96. The lowest BCUT2D eigenvalue weighted by atomic mass is 9.73. The molecule has 0 aliphatic heterocycles. The number of benzene rings is 1. The molecule has 0 saturated heterocycles. The Morgan fingerprint density at radius 2 is 1.90 bits per heavy atom. The summed E-state index contributed by atoms with van der Waals surface area (Å²) in [5, 5.41) is 11.8. The molecule has 2 atom stereocenters. The normalized spacial score (nSPS) is 21.1. The van der Waals surface area contributed by atoms with E-state index in [4.69, 9.17) is 9.84 Å². The van der Waals surface area contributed by atoms with Crippen molar-refractivity contribution in [3.05, 3.63) is 35.4 Å². The van der Waals surface area contributed by atoms with Crippen LogP contribution in [-0.4, -0.2) is 24.1 Å². The average molecular weight is 277 g/mol. The van der Waals surface area contributed by atoms with Gasteiger partial charge in [0, 0.05) is 13.7 Å². The summed E-state index contributed by atoms with van der Waals surface area (Å²) in [6, 6.07) is 7.72. The second-order valence-electron chi connectivity index (χ2n) is 5.05. The van der Waals surface area contributed by atoms with Crippen molar-refractivity contribution in [2.24, 2.45) is 11.8 Å². The molecular formula is C15H19NO4. The number of amides is 1. The molecule has 1 aromatic rings. The maximum atomic E-state index is 12.0. The Hall–Kier alpha value is -1.88. The van der Waals surface area contributed by atoms with Crippen LogP contribution in [0, 0.1) is 11.8 Å². The predicted molar refractivity (Wildman–Crippen MR) is 72.9 cm³/mol. The molecule has 0 radical (unpaired) electrons. The molecule has 1 aromatic carbocycles. The molecule has 0 heterocycles. The van der Waals surface area contributed by atoms with E-state index in [0.29, 0.717) is 26.0 Å². The summed E-state index contributed by atoms with van der Waals surface area (Å²) in [6.07, 6.45) is 1.25. The minimum Gasteiger partial charge on any atom is -0.481 e. The van der Waals surface area contributed by atoms with E-state index in [-0.39, 0.29) is 11.8 Å². The van der Waals surface area contributed by atoms with Crippen LogP contribution in [0.4, 0.5) is 0 Å². The molecule has 1 aliphatic rings. The fraction of sp³-hybridized carbons (Fsp3) is 0.467. The number of ether oxygens (including phenoxy) is 1. The zero-order chi connectivity index (χ0) is 14.5. The van der Waals surface area contributed by atoms with E-state index in [0.717, 1.165) is 11.1 Å². The first-order valence-corrected chi connectivity index (χ1v) is 6.69. The molecule has 1 fully saturated rings. The van der Waals surface area contributed by atoms with Gasteiger partial charge in [0.1, 0.15) is 0 Å². The fourth-order valence-electron chi connectivity index (χ4n) is 2.45. The maximum absolute atomic E-state index is 12.0. The van der Waals surface area contributed by atoms with Gasteiger partial charge in [-0.15, -0.1) is 0 Å². The molecule has 0 aromatic heterocycles. The summed E-state index contributed by atoms with van der Waals surface area (Å²) in [5.41, 5.74) is 2.02. The van der Waals surface area contributed by atoms with Gasteiger partial charge in [-0.25, -0.2) is 0 Å². The number of aliphatic carboxylic acids is 1. The molecular weight excluding hydrogens is 258 g/mol. The third-order valence-electron chi connectivity index (χ3n) is 3.80. The molecule has 20 heavy (non-hydrogen) atoms. The average Bonchev–Trinajstić information content (AvgIpc) is 2.36. The lowest BCUT2D eigenvalue weighted by molar-refractivity contribution is -0.152. The number of nitrogens with one attached hydrogen (secondary N) is 1. The number of carboxylic acid groups (broad SMARTS) is 1. The van der Waals surface area contributed by atoms with Gasteiger partial charge in [-0.3, -0.25) is 9.59 Å². The van der Waals surface area contributed by atoms with Crippen LogP contribution in [0.3, 0.4) is 0 Å². The highest BCUT2D eigenvalue weighted by Crippen LogP contribution is 2.34. The molecule has 5 nitrogen and oxygen atoms in total. The Labute approximate surface area is 117 Å². The van der Waals surface area contributed by atoms with Crippen molar-refractivity contribution in [3.8, 4) is 0 Å². The van der Waals surface area contributed by atoms with Crippen molar-refractivity contribution >= 4 is 11.9 Å². The number of rotatable bonds is 6. The van der Waals surface area contributed by atoms with E-state index in [2.05, 4.69) is 5.32 Å². The quantitative estimate of drug-likeness (QED) is 0.827. The molecule has 1 aliphatic carbocycles. The lowest BCUT2D eigenvalue weighted by Crippen LogP contribution is -2.43. The number of carbonyl (C=O) groups excluding carboxylic acids is 1. The summed E-state index contributed by atoms with van der Waals surface area (Å²) < 4.78 is 5.11. The highest BCUT2D eigenvalue weighted by Gasteiger charge is 2.41. The number of hydrogen-bond acceptors (Lipinski definition) is 3. The van der Waals surface area contributed by atoms with E-state index in [1.165, 1.54) is 0 Å². The van der Waals surface area contributed by atoms with E-state index < -0.39 is 11.9 Å². The van der Waals surface area contributed by atoms with Gasteiger partial charge in [-0.2, -0.15) is 0 Å². The number of carboxylic acids is 1. The minimum atomic E-state index is -0.879. The van der Waals surface area contributed by atoms with Crippen LogP contribution in [0.5, 0.6) is 0 Å². The van der Waals surface area contributed by atoms with Gasteiger partial charge in [0.15, 0.2) is 0 Å². The van der Waals surface area contributed by atoms with Gasteiger partial charge in [0.25, 0.3) is 0 Å². The van der Waals surface area contributed by atoms with Crippen molar-refractivity contribution in [3.63, 3.8) is 0 Å². The molecule has 108 valence electrons. The van der Waals surface area contributed by atoms with Crippen molar-refractivity contribution in [1.82, 2.24) is 5.32 Å². The SMILES string of the molecule is COCc1ccccc1CNC(=O)C1CCC1C(=O)O. The van der Waals surface area contributed by atoms with Crippen LogP contribution in [0.25, 0.3) is 0 Å². The van der Waals surface area contributed by atoms with Crippen LogP contribution in [0.15, 0.2) is 24.3 Å². The monoisotopic (exact) mass is 277 g/mol. The lowest BCUT2D eigenvalue weighted by Gasteiger charge is -2.32. The molecule has 0 bridgehead atoms. The Balaban J connectivity index is 1.92. The van der Waals surface area contributed by atoms with E-state index in [9.17, 15) is 9.59 Å². The summed E-state index contributed by atoms with van der Waals surface area (Å²) in [6.45, 7) is 0.897. The van der Waals surface area contributed by atoms with Crippen molar-refractivity contribution < 1.29 is 19.4 Å². The van der Waals surface area contributed by atoms with Crippen LogP contribution >= 0.6 is 0 Å². The summed E-state index contributed by atoms with van der Waals surface area (Å²) in [4.78, 5) is 22.9. The predicted octanol–water partition coefficient (Wildman–Crippen LogP) is 1.56. The zero-order valence-corrected chi connectivity index (χ0v) is 11.5. The van der Waals surface area contributed by atoms with Crippen LogP contribution in [0.1, 0.15) is 24.0 Å². The van der Waals surface area contributed by atoms with Gasteiger partial charge in [-0.1, -0.05) is 24.3 Å². The molecule has 0 spiro atoms. The first kappa shape index (κ1) is 14.5. The number of carbonyl (C=O) groups is 2. The van der Waals surface area contributed by atoms with E-state index in [1.807, 2.05) is 24.3 Å². The molecule has 1 saturated carbocycles. The maximum Gasteiger partial charge on any atom is 0.307 e. The van der Waals surface area contributed by atoms with E-state index >= 15 is 0 Å². The summed E-state index contributed by atoms with van der Waals surface area (Å²) >= 11 is 0. The standard InChI is InChI=1S/C15H19NO4/c1-20-9-11-5-3-2-4-10(11)8-16-14(17)12-6-7-13(12)15(18)19/h2-5,12-13H,6-9H2,1H3,(H,16,17)(H,18,19). The van der Waals surface area contributed by atoms with Gasteiger partial charge < -0.3 is 15.2 Å². The highest BCUT2D eigenvalue weighted by atomic mass is 16.5.